The van der Waals surface area contributed by atoms with Crippen molar-refractivity contribution < 1.29 is 0 Å². The van der Waals surface area contributed by atoms with Crippen molar-refractivity contribution in [2.24, 2.45) is 0 Å². The minimum atomic E-state index is -1.64. The molecule has 0 saturated carbocycles. The summed E-state index contributed by atoms with van der Waals surface area (Å²) < 4.78 is 0. The third-order valence-corrected chi connectivity index (χ3v) is 9.51. The molecular weight excluding hydrogens is 343 g/mol. The fraction of sp³-hybridized carbons (Fsp3) is 0.217. The van der Waals surface area contributed by atoms with Gasteiger partial charge in [0, 0.05) is 5.88 Å². The molecule has 0 unspecified atom stereocenters. The minimum absolute atomic E-state index is 0.757. The summed E-state index contributed by atoms with van der Waals surface area (Å²) in [5, 5.41) is 4.41. The molecule has 0 fully saturated rings. The van der Waals surface area contributed by atoms with E-state index in [9.17, 15) is 0 Å². The molecule has 0 bridgehead atoms. The molecule has 0 aliphatic rings. The molecule has 0 heterocycles. The first-order valence-electron chi connectivity index (χ1n) is 8.99. The van der Waals surface area contributed by atoms with Crippen LogP contribution in [0.4, 0.5) is 0 Å². The van der Waals surface area contributed by atoms with Crippen LogP contribution in [-0.4, -0.2) is 12.0 Å². The second-order valence-corrected chi connectivity index (χ2v) is 10.3. The SMILES string of the molecule is ClCCCCC[P+](c1ccccc1)(c1ccccc1)c1ccccc1. The van der Waals surface area contributed by atoms with Crippen molar-refractivity contribution in [2.45, 2.75) is 19.3 Å². The monoisotopic (exact) mass is 367 g/mol. The Morgan fingerprint density at radius 3 is 1.28 bits per heavy atom. The molecule has 3 aromatic carbocycles. The number of hydrogen-bond acceptors (Lipinski definition) is 0. The highest BCUT2D eigenvalue weighted by Gasteiger charge is 2.44. The van der Waals surface area contributed by atoms with Crippen LogP contribution in [0.15, 0.2) is 91.0 Å². The van der Waals surface area contributed by atoms with Gasteiger partial charge < -0.3 is 0 Å². The maximum Gasteiger partial charge on any atom is 0.112 e. The highest BCUT2D eigenvalue weighted by molar-refractivity contribution is 7.95. The molecule has 0 nitrogen and oxygen atoms in total. The molecule has 3 aromatic rings. The average molecular weight is 368 g/mol. The van der Waals surface area contributed by atoms with Crippen LogP contribution in [0.5, 0.6) is 0 Å². The molecule has 25 heavy (non-hydrogen) atoms. The molecule has 128 valence electrons. The highest BCUT2D eigenvalue weighted by atomic mass is 35.5. The van der Waals surface area contributed by atoms with Crippen molar-refractivity contribution in [2.75, 3.05) is 12.0 Å². The molecule has 0 amide bonds. The van der Waals surface area contributed by atoms with Crippen LogP contribution < -0.4 is 15.9 Å². The zero-order chi connectivity index (χ0) is 17.4. The van der Waals surface area contributed by atoms with E-state index >= 15 is 0 Å². The number of rotatable bonds is 8. The van der Waals surface area contributed by atoms with Gasteiger partial charge in [0.2, 0.25) is 0 Å². The second-order valence-electron chi connectivity index (χ2n) is 6.29. The predicted octanol–water partition coefficient (Wildman–Crippen LogP) is 5.39. The van der Waals surface area contributed by atoms with E-state index in [1.54, 1.807) is 0 Å². The van der Waals surface area contributed by atoms with Crippen LogP contribution in [-0.2, 0) is 0 Å². The van der Waals surface area contributed by atoms with E-state index < -0.39 is 7.26 Å². The zero-order valence-electron chi connectivity index (χ0n) is 14.5. The van der Waals surface area contributed by atoms with Crippen molar-refractivity contribution >= 4 is 34.8 Å². The largest absolute Gasteiger partial charge is 0.127 e. The summed E-state index contributed by atoms with van der Waals surface area (Å²) in [5.74, 6) is 0.757. The Kier molecular flexibility index (Phi) is 6.68. The van der Waals surface area contributed by atoms with Crippen molar-refractivity contribution in [1.82, 2.24) is 0 Å². The van der Waals surface area contributed by atoms with Crippen molar-refractivity contribution in [3.63, 3.8) is 0 Å². The van der Waals surface area contributed by atoms with Crippen molar-refractivity contribution in [1.29, 1.82) is 0 Å². The quantitative estimate of drug-likeness (QED) is 0.284. The van der Waals surface area contributed by atoms with Gasteiger partial charge >= 0.3 is 0 Å². The van der Waals surface area contributed by atoms with Gasteiger partial charge in [-0.3, -0.25) is 0 Å². The van der Waals surface area contributed by atoms with Crippen LogP contribution in [0.1, 0.15) is 19.3 Å². The Morgan fingerprint density at radius 1 is 0.520 bits per heavy atom. The van der Waals surface area contributed by atoms with Crippen LogP contribution in [0.3, 0.4) is 0 Å². The molecule has 3 rings (SSSR count). The Balaban J connectivity index is 2.13. The molecule has 0 saturated heterocycles. The van der Waals surface area contributed by atoms with Gasteiger partial charge in [0.1, 0.15) is 23.2 Å². The van der Waals surface area contributed by atoms with Crippen molar-refractivity contribution in [3.05, 3.63) is 91.0 Å². The lowest BCUT2D eigenvalue weighted by Gasteiger charge is -2.27. The number of unbranched alkanes of at least 4 members (excludes halogenated alkanes) is 2. The summed E-state index contributed by atoms with van der Waals surface area (Å²) in [5.41, 5.74) is 0. The van der Waals surface area contributed by atoms with Gasteiger partial charge in [0.05, 0.1) is 6.16 Å². The molecule has 0 radical (unpaired) electrons. The highest BCUT2D eigenvalue weighted by Crippen LogP contribution is 2.55. The number of alkyl halides is 1. The Bertz CT molecular complexity index is 644. The number of halogens is 1. The minimum Gasteiger partial charge on any atom is -0.127 e. The third-order valence-electron chi connectivity index (χ3n) is 4.72. The van der Waals surface area contributed by atoms with E-state index in [0.717, 1.165) is 12.3 Å². The lowest BCUT2D eigenvalue weighted by atomic mass is 10.3. The number of hydrogen-bond donors (Lipinski definition) is 0. The van der Waals surface area contributed by atoms with E-state index in [-0.39, 0.29) is 0 Å². The average Bonchev–Trinajstić information content (AvgIpc) is 2.70. The van der Waals surface area contributed by atoms with E-state index in [1.165, 1.54) is 34.9 Å². The van der Waals surface area contributed by atoms with Crippen LogP contribution >= 0.6 is 18.9 Å². The molecular formula is C23H25ClP+. The molecule has 0 aliphatic heterocycles. The van der Waals surface area contributed by atoms with Crippen molar-refractivity contribution in [3.8, 4) is 0 Å². The van der Waals surface area contributed by atoms with Gasteiger partial charge in [-0.1, -0.05) is 54.6 Å². The van der Waals surface area contributed by atoms with Crippen LogP contribution in [0.2, 0.25) is 0 Å². The summed E-state index contributed by atoms with van der Waals surface area (Å²) in [7, 11) is -1.64. The van der Waals surface area contributed by atoms with Gasteiger partial charge in [0.25, 0.3) is 0 Å². The fourth-order valence-corrected chi connectivity index (χ4v) is 8.10. The third kappa shape index (κ3) is 4.14. The van der Waals surface area contributed by atoms with E-state index in [4.69, 9.17) is 11.6 Å². The molecule has 0 N–H and O–H groups in total. The van der Waals surface area contributed by atoms with Crippen LogP contribution in [0, 0.1) is 0 Å². The van der Waals surface area contributed by atoms with Gasteiger partial charge in [-0.25, -0.2) is 0 Å². The Morgan fingerprint density at radius 2 is 0.920 bits per heavy atom. The summed E-state index contributed by atoms with van der Waals surface area (Å²) in [4.78, 5) is 0. The summed E-state index contributed by atoms with van der Waals surface area (Å²) in [6, 6.07) is 33.3. The lowest BCUT2D eigenvalue weighted by molar-refractivity contribution is 0.780. The predicted molar refractivity (Wildman–Crippen MR) is 115 cm³/mol. The molecule has 0 aliphatic carbocycles. The summed E-state index contributed by atoms with van der Waals surface area (Å²) in [6.07, 6.45) is 4.69. The first kappa shape index (κ1) is 18.2. The molecule has 0 spiro atoms. The molecule has 0 atom stereocenters. The lowest BCUT2D eigenvalue weighted by Crippen LogP contribution is -2.33. The normalized spacial score (nSPS) is 11.4. The summed E-state index contributed by atoms with van der Waals surface area (Å²) in [6.45, 7) is 0. The Hall–Kier alpha value is -1.62. The standard InChI is InChI=1S/C23H25ClP/c24-19-11-4-12-20-25(21-13-5-1-6-14-21,22-15-7-2-8-16-22)23-17-9-3-10-18-23/h1-3,5-10,13-18H,4,11-12,19-20H2/q+1. The first-order chi connectivity index (χ1) is 12.4. The maximum atomic E-state index is 5.91. The van der Waals surface area contributed by atoms with E-state index in [1.807, 2.05) is 0 Å². The van der Waals surface area contributed by atoms with Crippen LogP contribution in [0.25, 0.3) is 0 Å². The molecule has 2 heteroatoms. The Labute approximate surface area is 157 Å². The zero-order valence-corrected chi connectivity index (χ0v) is 16.2. The molecule has 0 aromatic heterocycles. The van der Waals surface area contributed by atoms with E-state index in [2.05, 4.69) is 91.0 Å². The second kappa shape index (κ2) is 9.18. The van der Waals surface area contributed by atoms with Gasteiger partial charge in [-0.15, -0.1) is 11.6 Å². The maximum absolute atomic E-state index is 5.91. The van der Waals surface area contributed by atoms with E-state index in [0.29, 0.717) is 0 Å². The topological polar surface area (TPSA) is 0 Å². The fourth-order valence-electron chi connectivity index (χ4n) is 3.50. The van der Waals surface area contributed by atoms with Gasteiger partial charge in [-0.2, -0.15) is 0 Å². The number of benzene rings is 3. The summed E-state index contributed by atoms with van der Waals surface area (Å²) >= 11 is 5.91. The van der Waals surface area contributed by atoms with Gasteiger partial charge in [-0.05, 0) is 55.7 Å². The first-order valence-corrected chi connectivity index (χ1v) is 11.5. The van der Waals surface area contributed by atoms with Gasteiger partial charge in [0.15, 0.2) is 0 Å². The smallest absolute Gasteiger partial charge is 0.112 e.